The van der Waals surface area contributed by atoms with Crippen molar-refractivity contribution >= 4 is 27.5 Å². The number of likely N-dealkylation sites (N-methyl/N-ethyl adjacent to an activating group) is 1. The summed E-state index contributed by atoms with van der Waals surface area (Å²) >= 11 is 6.07. The second kappa shape index (κ2) is 11.0. The van der Waals surface area contributed by atoms with Crippen molar-refractivity contribution in [3.63, 3.8) is 0 Å². The summed E-state index contributed by atoms with van der Waals surface area (Å²) < 4.78 is 38.3. The number of halogens is 1. The van der Waals surface area contributed by atoms with Crippen LogP contribution in [0.4, 0.5) is 0 Å². The second-order valence-electron chi connectivity index (χ2n) is 7.62. The van der Waals surface area contributed by atoms with E-state index in [0.29, 0.717) is 62.2 Å². The quantitative estimate of drug-likeness (QED) is 0.547. The molecule has 1 fully saturated rings. The molecule has 0 unspecified atom stereocenters. The Morgan fingerprint density at radius 1 is 1.09 bits per heavy atom. The summed E-state index contributed by atoms with van der Waals surface area (Å²) in [5, 5.41) is 0.530. The fourth-order valence-corrected chi connectivity index (χ4v) is 5.30. The Morgan fingerprint density at radius 3 is 2.38 bits per heavy atom. The number of sulfonamides is 1. The molecule has 0 spiro atoms. The van der Waals surface area contributed by atoms with Gasteiger partial charge in [-0.25, -0.2) is 8.42 Å². The summed E-state index contributed by atoms with van der Waals surface area (Å²) in [6.07, 6.45) is 0.982. The minimum Gasteiger partial charge on any atom is -0.494 e. The third kappa shape index (κ3) is 5.94. The standard InChI is InChI=1S/C23H29ClN2O5S/c1-3-30-19-8-10-20(11-9-19)32(28,29)26-14-12-18(13-15-26)23(27)25(2)16-17-31-22-7-5-4-6-21(22)24/h4-11,18H,3,12-17H2,1-2H3. The first kappa shape index (κ1) is 24.4. The number of rotatable bonds is 9. The van der Waals surface area contributed by atoms with Crippen LogP contribution < -0.4 is 9.47 Å². The molecule has 1 amide bonds. The van der Waals surface area contributed by atoms with Gasteiger partial charge in [0.25, 0.3) is 0 Å². The van der Waals surface area contributed by atoms with Gasteiger partial charge in [0.15, 0.2) is 0 Å². The number of carbonyl (C=O) groups is 1. The van der Waals surface area contributed by atoms with E-state index in [2.05, 4.69) is 0 Å². The highest BCUT2D eigenvalue weighted by Crippen LogP contribution is 2.26. The lowest BCUT2D eigenvalue weighted by Crippen LogP contribution is -2.44. The minimum atomic E-state index is -3.59. The average Bonchev–Trinajstić information content (AvgIpc) is 2.80. The average molecular weight is 481 g/mol. The van der Waals surface area contributed by atoms with Gasteiger partial charge in [0.2, 0.25) is 15.9 Å². The molecule has 0 bridgehead atoms. The van der Waals surface area contributed by atoms with Crippen molar-refractivity contribution in [3.05, 3.63) is 53.6 Å². The molecular formula is C23H29ClN2O5S. The van der Waals surface area contributed by atoms with Crippen LogP contribution in [0.5, 0.6) is 11.5 Å². The van der Waals surface area contributed by atoms with E-state index in [4.69, 9.17) is 21.1 Å². The summed E-state index contributed by atoms with van der Waals surface area (Å²) in [6, 6.07) is 13.6. The molecule has 174 valence electrons. The first-order valence-corrected chi connectivity index (χ1v) is 12.5. The van der Waals surface area contributed by atoms with Crippen LogP contribution >= 0.6 is 11.6 Å². The minimum absolute atomic E-state index is 0.00544. The van der Waals surface area contributed by atoms with Crippen molar-refractivity contribution < 1.29 is 22.7 Å². The van der Waals surface area contributed by atoms with Crippen LogP contribution in [0, 0.1) is 5.92 Å². The van der Waals surface area contributed by atoms with Crippen molar-refractivity contribution in [1.82, 2.24) is 9.21 Å². The highest BCUT2D eigenvalue weighted by molar-refractivity contribution is 7.89. The van der Waals surface area contributed by atoms with Gasteiger partial charge in [-0.3, -0.25) is 4.79 Å². The molecule has 1 aliphatic rings. The van der Waals surface area contributed by atoms with E-state index in [0.717, 1.165) is 0 Å². The molecule has 9 heteroatoms. The maximum absolute atomic E-state index is 12.9. The lowest BCUT2D eigenvalue weighted by molar-refractivity contribution is -0.135. The Labute approximate surface area is 194 Å². The molecule has 2 aromatic carbocycles. The molecule has 2 aromatic rings. The van der Waals surface area contributed by atoms with E-state index >= 15 is 0 Å². The number of hydrogen-bond donors (Lipinski definition) is 0. The number of ether oxygens (including phenoxy) is 2. The van der Waals surface area contributed by atoms with Gasteiger partial charge in [0, 0.05) is 26.1 Å². The van der Waals surface area contributed by atoms with Gasteiger partial charge in [-0.15, -0.1) is 0 Å². The number of hydrogen-bond acceptors (Lipinski definition) is 5. The topological polar surface area (TPSA) is 76.2 Å². The first-order chi connectivity index (χ1) is 15.3. The summed E-state index contributed by atoms with van der Waals surface area (Å²) in [5.74, 6) is 1.03. The van der Waals surface area contributed by atoms with Gasteiger partial charge in [0.1, 0.15) is 18.1 Å². The molecule has 1 saturated heterocycles. The van der Waals surface area contributed by atoms with E-state index in [1.807, 2.05) is 19.1 Å². The van der Waals surface area contributed by atoms with Gasteiger partial charge in [-0.2, -0.15) is 4.31 Å². The summed E-state index contributed by atoms with van der Waals surface area (Å²) in [5.41, 5.74) is 0. The number of nitrogens with zero attached hydrogens (tertiary/aromatic N) is 2. The second-order valence-corrected chi connectivity index (χ2v) is 9.97. The van der Waals surface area contributed by atoms with Crippen molar-refractivity contribution in [1.29, 1.82) is 0 Å². The molecule has 0 saturated carbocycles. The van der Waals surface area contributed by atoms with E-state index in [1.165, 1.54) is 4.31 Å². The van der Waals surface area contributed by atoms with Crippen LogP contribution in [0.1, 0.15) is 19.8 Å². The Morgan fingerprint density at radius 2 is 1.75 bits per heavy atom. The number of para-hydroxylation sites is 1. The molecule has 1 aliphatic heterocycles. The van der Waals surface area contributed by atoms with Crippen LogP contribution in [-0.4, -0.2) is 63.4 Å². The first-order valence-electron chi connectivity index (χ1n) is 10.7. The molecule has 32 heavy (non-hydrogen) atoms. The van der Waals surface area contributed by atoms with Gasteiger partial charge in [-0.05, 0) is 56.2 Å². The summed E-state index contributed by atoms with van der Waals surface area (Å²) in [7, 11) is -1.85. The Bertz CT molecular complexity index is 1010. The highest BCUT2D eigenvalue weighted by Gasteiger charge is 2.33. The third-order valence-corrected chi connectivity index (χ3v) is 7.70. The predicted molar refractivity (Wildman–Crippen MR) is 124 cm³/mol. The van der Waals surface area contributed by atoms with Gasteiger partial charge < -0.3 is 14.4 Å². The number of piperidine rings is 1. The molecule has 7 nitrogen and oxygen atoms in total. The van der Waals surface area contributed by atoms with Crippen molar-refractivity contribution in [3.8, 4) is 11.5 Å². The summed E-state index contributed by atoms with van der Waals surface area (Å²) in [4.78, 5) is 14.7. The van der Waals surface area contributed by atoms with Gasteiger partial charge in [-0.1, -0.05) is 23.7 Å². The number of benzene rings is 2. The van der Waals surface area contributed by atoms with Crippen LogP contribution in [0.3, 0.4) is 0 Å². The summed E-state index contributed by atoms with van der Waals surface area (Å²) in [6.45, 7) is 3.78. The third-order valence-electron chi connectivity index (χ3n) is 5.47. The lowest BCUT2D eigenvalue weighted by atomic mass is 9.97. The van der Waals surface area contributed by atoms with E-state index in [-0.39, 0.29) is 16.7 Å². The fourth-order valence-electron chi connectivity index (χ4n) is 3.64. The maximum atomic E-state index is 12.9. The Balaban J connectivity index is 1.49. The van der Waals surface area contributed by atoms with Gasteiger partial charge in [0.05, 0.1) is 23.1 Å². The molecule has 0 atom stereocenters. The van der Waals surface area contributed by atoms with E-state index in [1.54, 1.807) is 48.3 Å². The Hall–Kier alpha value is -2.29. The molecule has 0 aromatic heterocycles. The maximum Gasteiger partial charge on any atom is 0.243 e. The smallest absolute Gasteiger partial charge is 0.243 e. The Kier molecular flexibility index (Phi) is 8.39. The predicted octanol–water partition coefficient (Wildman–Crippen LogP) is 3.68. The molecule has 0 N–H and O–H groups in total. The van der Waals surface area contributed by atoms with Crippen molar-refractivity contribution in [2.24, 2.45) is 5.92 Å². The van der Waals surface area contributed by atoms with E-state index in [9.17, 15) is 13.2 Å². The lowest BCUT2D eigenvalue weighted by Gasteiger charge is -2.32. The van der Waals surface area contributed by atoms with E-state index < -0.39 is 10.0 Å². The molecule has 0 aliphatic carbocycles. The SMILES string of the molecule is CCOc1ccc(S(=O)(=O)N2CCC(C(=O)N(C)CCOc3ccccc3Cl)CC2)cc1. The van der Waals surface area contributed by atoms with Crippen molar-refractivity contribution in [2.75, 3.05) is 39.9 Å². The normalized spacial score (nSPS) is 15.3. The van der Waals surface area contributed by atoms with Crippen LogP contribution in [-0.2, 0) is 14.8 Å². The monoisotopic (exact) mass is 480 g/mol. The van der Waals surface area contributed by atoms with Gasteiger partial charge >= 0.3 is 0 Å². The fraction of sp³-hybridized carbons (Fsp3) is 0.435. The van der Waals surface area contributed by atoms with Crippen LogP contribution in [0.2, 0.25) is 5.02 Å². The highest BCUT2D eigenvalue weighted by atomic mass is 35.5. The molecule has 0 radical (unpaired) electrons. The largest absolute Gasteiger partial charge is 0.494 e. The molecule has 1 heterocycles. The molecule has 3 rings (SSSR count). The van der Waals surface area contributed by atoms with Crippen LogP contribution in [0.15, 0.2) is 53.4 Å². The zero-order valence-electron chi connectivity index (χ0n) is 18.4. The van der Waals surface area contributed by atoms with Crippen LogP contribution in [0.25, 0.3) is 0 Å². The number of amides is 1. The zero-order chi connectivity index (χ0) is 23.1. The number of carbonyl (C=O) groups excluding carboxylic acids is 1. The molecular weight excluding hydrogens is 452 g/mol. The zero-order valence-corrected chi connectivity index (χ0v) is 19.9. The van der Waals surface area contributed by atoms with Crippen molar-refractivity contribution in [2.45, 2.75) is 24.7 Å².